The maximum atomic E-state index is 11.9. The maximum absolute atomic E-state index is 11.9. The van der Waals surface area contributed by atoms with E-state index in [1.165, 1.54) is 19.3 Å². The van der Waals surface area contributed by atoms with E-state index in [-0.39, 0.29) is 5.97 Å². The molecule has 124 valence electrons. The third-order valence-corrected chi connectivity index (χ3v) is 4.83. The van der Waals surface area contributed by atoms with Crippen LogP contribution in [-0.2, 0) is 9.53 Å². The zero-order chi connectivity index (χ0) is 16.0. The molecule has 0 aromatic rings. The van der Waals surface area contributed by atoms with E-state index in [9.17, 15) is 4.79 Å². The number of nitrogens with two attached hydrogens (primary N) is 1. The van der Waals surface area contributed by atoms with E-state index in [1.54, 1.807) is 6.92 Å². The van der Waals surface area contributed by atoms with Crippen molar-refractivity contribution in [2.45, 2.75) is 71.9 Å². The SMILES string of the molecule is CCOC(=O)C(C)(N)CC(C)N1CCCC(C(C)C)CC1. The fourth-order valence-corrected chi connectivity index (χ4v) is 3.37. The minimum absolute atomic E-state index is 0.285. The van der Waals surface area contributed by atoms with E-state index in [4.69, 9.17) is 10.5 Å². The predicted octanol–water partition coefficient (Wildman–Crippen LogP) is 2.80. The first-order chi connectivity index (χ1) is 9.77. The number of rotatable bonds is 6. The topological polar surface area (TPSA) is 55.6 Å². The van der Waals surface area contributed by atoms with Gasteiger partial charge in [-0.1, -0.05) is 13.8 Å². The first-order valence-electron chi connectivity index (χ1n) is 8.48. The van der Waals surface area contributed by atoms with Crippen molar-refractivity contribution in [3.05, 3.63) is 0 Å². The second kappa shape index (κ2) is 8.14. The molecule has 0 saturated carbocycles. The Labute approximate surface area is 130 Å². The second-order valence-corrected chi connectivity index (χ2v) is 7.16. The first kappa shape index (κ1) is 18.4. The van der Waals surface area contributed by atoms with Crippen LogP contribution in [0.15, 0.2) is 0 Å². The molecule has 0 amide bonds. The maximum Gasteiger partial charge on any atom is 0.325 e. The molecule has 0 aromatic heterocycles. The summed E-state index contributed by atoms with van der Waals surface area (Å²) in [6, 6.07) is 0.315. The van der Waals surface area contributed by atoms with Crippen molar-refractivity contribution in [2.75, 3.05) is 19.7 Å². The Balaban J connectivity index is 2.55. The Kier molecular flexibility index (Phi) is 7.14. The van der Waals surface area contributed by atoms with E-state index >= 15 is 0 Å². The Morgan fingerprint density at radius 1 is 1.33 bits per heavy atom. The number of esters is 1. The molecule has 4 heteroatoms. The van der Waals surface area contributed by atoms with Crippen molar-refractivity contribution in [3.63, 3.8) is 0 Å². The highest BCUT2D eigenvalue weighted by Gasteiger charge is 2.34. The third-order valence-electron chi connectivity index (χ3n) is 4.83. The van der Waals surface area contributed by atoms with Crippen LogP contribution in [0, 0.1) is 11.8 Å². The minimum atomic E-state index is -0.890. The van der Waals surface area contributed by atoms with Crippen LogP contribution in [0.4, 0.5) is 0 Å². The lowest BCUT2D eigenvalue weighted by molar-refractivity contribution is -0.149. The van der Waals surface area contributed by atoms with Crippen molar-refractivity contribution in [2.24, 2.45) is 17.6 Å². The van der Waals surface area contributed by atoms with Crippen molar-refractivity contribution >= 4 is 5.97 Å². The number of hydrogen-bond donors (Lipinski definition) is 1. The molecular weight excluding hydrogens is 264 g/mol. The van der Waals surface area contributed by atoms with Gasteiger partial charge in [0, 0.05) is 6.04 Å². The number of carbonyl (C=O) groups excluding carboxylic acids is 1. The molecule has 21 heavy (non-hydrogen) atoms. The van der Waals surface area contributed by atoms with Gasteiger partial charge in [0.2, 0.25) is 0 Å². The smallest absolute Gasteiger partial charge is 0.325 e. The second-order valence-electron chi connectivity index (χ2n) is 7.16. The highest BCUT2D eigenvalue weighted by molar-refractivity contribution is 5.80. The highest BCUT2D eigenvalue weighted by Crippen LogP contribution is 2.26. The van der Waals surface area contributed by atoms with E-state index in [2.05, 4.69) is 25.7 Å². The van der Waals surface area contributed by atoms with Crippen molar-refractivity contribution < 1.29 is 9.53 Å². The Hall–Kier alpha value is -0.610. The van der Waals surface area contributed by atoms with Crippen LogP contribution in [0.2, 0.25) is 0 Å². The molecule has 0 aromatic carbocycles. The van der Waals surface area contributed by atoms with Gasteiger partial charge in [-0.05, 0) is 71.4 Å². The van der Waals surface area contributed by atoms with Gasteiger partial charge in [-0.15, -0.1) is 0 Å². The summed E-state index contributed by atoms with van der Waals surface area (Å²) < 4.78 is 5.09. The lowest BCUT2D eigenvalue weighted by Gasteiger charge is -2.33. The lowest BCUT2D eigenvalue weighted by atomic mass is 9.89. The first-order valence-corrected chi connectivity index (χ1v) is 8.48. The summed E-state index contributed by atoms with van der Waals surface area (Å²) in [5, 5.41) is 0. The van der Waals surface area contributed by atoms with Crippen LogP contribution in [0.1, 0.15) is 60.3 Å². The van der Waals surface area contributed by atoms with E-state index in [1.807, 2.05) is 6.92 Å². The molecule has 0 aliphatic carbocycles. The number of nitrogens with zero attached hydrogens (tertiary/aromatic N) is 1. The van der Waals surface area contributed by atoms with Gasteiger partial charge in [-0.25, -0.2) is 0 Å². The van der Waals surface area contributed by atoms with Crippen LogP contribution >= 0.6 is 0 Å². The molecule has 0 spiro atoms. The normalized spacial score (nSPS) is 25.2. The molecule has 3 atom stereocenters. The lowest BCUT2D eigenvalue weighted by Crippen LogP contribution is -2.51. The molecule has 1 aliphatic heterocycles. The van der Waals surface area contributed by atoms with Gasteiger partial charge in [-0.3, -0.25) is 4.79 Å². The fraction of sp³-hybridized carbons (Fsp3) is 0.941. The summed E-state index contributed by atoms with van der Waals surface area (Å²) in [7, 11) is 0. The highest BCUT2D eigenvalue weighted by atomic mass is 16.5. The van der Waals surface area contributed by atoms with E-state index in [0.717, 1.165) is 24.9 Å². The number of carbonyl (C=O) groups is 1. The summed E-state index contributed by atoms with van der Waals surface area (Å²) in [5.41, 5.74) is 5.28. The quantitative estimate of drug-likeness (QED) is 0.766. The average Bonchev–Trinajstić information content (AvgIpc) is 2.64. The predicted molar refractivity (Wildman–Crippen MR) is 87.1 cm³/mol. The number of ether oxygens (including phenoxy) is 1. The monoisotopic (exact) mass is 298 g/mol. The average molecular weight is 298 g/mol. The summed E-state index contributed by atoms with van der Waals surface area (Å²) in [4.78, 5) is 14.4. The molecule has 0 bridgehead atoms. The number of hydrogen-bond acceptors (Lipinski definition) is 4. The summed E-state index contributed by atoms with van der Waals surface area (Å²) >= 11 is 0. The molecule has 0 radical (unpaired) electrons. The van der Waals surface area contributed by atoms with Crippen LogP contribution in [0.25, 0.3) is 0 Å². The molecule has 1 rings (SSSR count). The fourth-order valence-electron chi connectivity index (χ4n) is 3.37. The van der Waals surface area contributed by atoms with Crippen LogP contribution in [-0.4, -0.2) is 42.1 Å². The van der Waals surface area contributed by atoms with Gasteiger partial charge in [0.15, 0.2) is 0 Å². The van der Waals surface area contributed by atoms with Crippen molar-refractivity contribution in [3.8, 4) is 0 Å². The van der Waals surface area contributed by atoms with E-state index < -0.39 is 5.54 Å². The van der Waals surface area contributed by atoms with E-state index in [0.29, 0.717) is 19.1 Å². The van der Waals surface area contributed by atoms with Gasteiger partial charge >= 0.3 is 5.97 Å². The molecule has 2 N–H and O–H groups in total. The molecule has 1 aliphatic rings. The summed E-state index contributed by atoms with van der Waals surface area (Å²) in [5.74, 6) is 1.31. The van der Waals surface area contributed by atoms with Crippen LogP contribution in [0.3, 0.4) is 0 Å². The molecule has 4 nitrogen and oxygen atoms in total. The molecule has 1 fully saturated rings. The summed E-state index contributed by atoms with van der Waals surface area (Å²) in [6.45, 7) is 13.0. The van der Waals surface area contributed by atoms with Gasteiger partial charge < -0.3 is 15.4 Å². The van der Waals surface area contributed by atoms with Gasteiger partial charge in [0.1, 0.15) is 5.54 Å². The molecule has 1 heterocycles. The van der Waals surface area contributed by atoms with Gasteiger partial charge in [-0.2, -0.15) is 0 Å². The number of likely N-dealkylation sites (tertiary alicyclic amines) is 1. The minimum Gasteiger partial charge on any atom is -0.465 e. The van der Waals surface area contributed by atoms with Crippen molar-refractivity contribution in [1.82, 2.24) is 4.90 Å². The van der Waals surface area contributed by atoms with Crippen molar-refractivity contribution in [1.29, 1.82) is 0 Å². The Morgan fingerprint density at radius 2 is 2.00 bits per heavy atom. The van der Waals surface area contributed by atoms with Crippen LogP contribution < -0.4 is 5.73 Å². The van der Waals surface area contributed by atoms with Crippen LogP contribution in [0.5, 0.6) is 0 Å². The third kappa shape index (κ3) is 5.59. The standard InChI is InChI=1S/C17H34N2O2/c1-6-21-16(20)17(5,18)12-14(4)19-10-7-8-15(9-11-19)13(2)3/h13-15H,6-12,18H2,1-5H3. The zero-order valence-electron chi connectivity index (χ0n) is 14.5. The molecule has 3 unspecified atom stereocenters. The Bertz CT molecular complexity index is 329. The van der Waals surface area contributed by atoms with Gasteiger partial charge in [0.05, 0.1) is 6.61 Å². The largest absolute Gasteiger partial charge is 0.465 e. The summed E-state index contributed by atoms with van der Waals surface area (Å²) in [6.07, 6.45) is 4.47. The zero-order valence-corrected chi connectivity index (χ0v) is 14.5. The van der Waals surface area contributed by atoms with Gasteiger partial charge in [0.25, 0.3) is 0 Å². The molecule has 1 saturated heterocycles. The molecular formula is C17H34N2O2. The Morgan fingerprint density at radius 3 is 2.57 bits per heavy atom.